The summed E-state index contributed by atoms with van der Waals surface area (Å²) in [5.74, 6) is -0.490. The van der Waals surface area contributed by atoms with Gasteiger partial charge in [-0.05, 0) is 30.7 Å². The number of nitrogens with zero attached hydrogens (tertiary/aromatic N) is 1. The molecule has 0 aliphatic heterocycles. The van der Waals surface area contributed by atoms with Gasteiger partial charge in [0.15, 0.2) is 0 Å². The summed E-state index contributed by atoms with van der Waals surface area (Å²) >= 11 is 11.9. The van der Waals surface area contributed by atoms with Crippen molar-refractivity contribution in [2.45, 2.75) is 20.4 Å². The summed E-state index contributed by atoms with van der Waals surface area (Å²) in [7, 11) is 0. The van der Waals surface area contributed by atoms with Crippen LogP contribution in [0.25, 0.3) is 0 Å². The van der Waals surface area contributed by atoms with Crippen LogP contribution in [0.5, 0.6) is 0 Å². The van der Waals surface area contributed by atoms with E-state index in [2.05, 4.69) is 5.32 Å². The van der Waals surface area contributed by atoms with E-state index in [4.69, 9.17) is 23.2 Å². The monoisotopic (exact) mass is 364 g/mol. The zero-order valence-electron chi connectivity index (χ0n) is 13.5. The fraction of sp³-hybridized carbons (Fsp3) is 0.222. The molecule has 2 amide bonds. The van der Waals surface area contributed by atoms with Gasteiger partial charge in [-0.15, -0.1) is 0 Å². The lowest BCUT2D eigenvalue weighted by atomic mass is 10.1. The summed E-state index contributed by atoms with van der Waals surface area (Å²) in [6, 6.07) is 12.6. The maximum Gasteiger partial charge on any atom is 0.244 e. The van der Waals surface area contributed by atoms with Crippen LogP contribution >= 0.6 is 23.2 Å². The quantitative estimate of drug-likeness (QED) is 0.859. The molecular weight excluding hydrogens is 347 g/mol. The van der Waals surface area contributed by atoms with Crippen LogP contribution in [-0.2, 0) is 16.1 Å². The Morgan fingerprint density at radius 2 is 1.88 bits per heavy atom. The van der Waals surface area contributed by atoms with Gasteiger partial charge < -0.3 is 10.2 Å². The van der Waals surface area contributed by atoms with Crippen LogP contribution in [0.2, 0.25) is 10.0 Å². The molecule has 6 heteroatoms. The lowest BCUT2D eigenvalue weighted by Gasteiger charge is -2.21. The predicted molar refractivity (Wildman–Crippen MR) is 97.4 cm³/mol. The van der Waals surface area contributed by atoms with Crippen LogP contribution < -0.4 is 5.32 Å². The smallest absolute Gasteiger partial charge is 0.244 e. The van der Waals surface area contributed by atoms with E-state index < -0.39 is 0 Å². The molecule has 0 aliphatic rings. The van der Waals surface area contributed by atoms with Gasteiger partial charge in [-0.1, -0.05) is 53.0 Å². The number of carbonyl (C=O) groups is 2. The molecule has 0 fully saturated rings. The number of hydrogen-bond acceptors (Lipinski definition) is 2. The minimum Gasteiger partial charge on any atom is -0.329 e. The highest BCUT2D eigenvalue weighted by Crippen LogP contribution is 2.25. The zero-order chi connectivity index (χ0) is 17.7. The first kappa shape index (κ1) is 18.3. The molecule has 2 aromatic rings. The Bertz CT molecular complexity index is 762. The topological polar surface area (TPSA) is 49.4 Å². The van der Waals surface area contributed by atoms with Gasteiger partial charge in [0.05, 0.1) is 10.7 Å². The first-order valence-electron chi connectivity index (χ1n) is 7.41. The number of halogens is 2. The average Bonchev–Trinajstić information content (AvgIpc) is 2.49. The number of carbonyl (C=O) groups excluding carboxylic acids is 2. The summed E-state index contributed by atoms with van der Waals surface area (Å²) in [6.07, 6.45) is 0. The van der Waals surface area contributed by atoms with E-state index in [1.165, 1.54) is 11.8 Å². The second-order valence-corrected chi connectivity index (χ2v) is 6.38. The van der Waals surface area contributed by atoms with E-state index in [0.29, 0.717) is 22.3 Å². The fourth-order valence-corrected chi connectivity index (χ4v) is 2.72. The Labute approximate surface area is 151 Å². The molecule has 0 unspecified atom stereocenters. The molecule has 126 valence electrons. The summed E-state index contributed by atoms with van der Waals surface area (Å²) in [6.45, 7) is 3.75. The normalized spacial score (nSPS) is 10.3. The molecule has 0 aromatic heterocycles. The van der Waals surface area contributed by atoms with E-state index in [1.807, 2.05) is 31.2 Å². The second kappa shape index (κ2) is 8.18. The van der Waals surface area contributed by atoms with Crippen LogP contribution in [-0.4, -0.2) is 23.3 Å². The molecule has 0 saturated heterocycles. The number of rotatable bonds is 5. The van der Waals surface area contributed by atoms with E-state index in [9.17, 15) is 9.59 Å². The summed E-state index contributed by atoms with van der Waals surface area (Å²) in [5, 5.41) is 3.54. The van der Waals surface area contributed by atoms with Crippen LogP contribution in [0.3, 0.4) is 0 Å². The van der Waals surface area contributed by atoms with E-state index in [1.54, 1.807) is 18.2 Å². The minimum atomic E-state index is -0.318. The van der Waals surface area contributed by atoms with Gasteiger partial charge in [0, 0.05) is 18.5 Å². The molecular formula is C18H18Cl2N2O2. The summed E-state index contributed by atoms with van der Waals surface area (Å²) in [4.78, 5) is 25.5. The molecule has 2 aromatic carbocycles. The first-order chi connectivity index (χ1) is 11.3. The molecule has 0 aliphatic carbocycles. The standard InChI is InChI=1S/C18H18Cl2N2O2/c1-12-4-3-5-14(8-12)10-22(13(2)23)11-18(24)21-17-7-6-15(19)9-16(17)20/h3-9H,10-11H2,1-2H3,(H,21,24). The maximum absolute atomic E-state index is 12.2. The van der Waals surface area contributed by atoms with Crippen molar-refractivity contribution in [3.63, 3.8) is 0 Å². The van der Waals surface area contributed by atoms with Crippen molar-refractivity contribution >= 4 is 40.7 Å². The van der Waals surface area contributed by atoms with Crippen molar-refractivity contribution in [2.75, 3.05) is 11.9 Å². The lowest BCUT2D eigenvalue weighted by Crippen LogP contribution is -2.36. The Hall–Kier alpha value is -2.04. The van der Waals surface area contributed by atoms with Crippen LogP contribution in [0.4, 0.5) is 5.69 Å². The van der Waals surface area contributed by atoms with Gasteiger partial charge in [-0.2, -0.15) is 0 Å². The van der Waals surface area contributed by atoms with Crippen molar-refractivity contribution in [1.82, 2.24) is 4.90 Å². The van der Waals surface area contributed by atoms with Crippen molar-refractivity contribution in [1.29, 1.82) is 0 Å². The third-order valence-electron chi connectivity index (χ3n) is 3.44. The Balaban J connectivity index is 2.04. The number of aryl methyl sites for hydroxylation is 1. The Morgan fingerprint density at radius 3 is 2.50 bits per heavy atom. The predicted octanol–water partition coefficient (Wildman–Crippen LogP) is 4.29. The molecule has 4 nitrogen and oxygen atoms in total. The third-order valence-corrected chi connectivity index (χ3v) is 3.99. The molecule has 0 spiro atoms. The van der Waals surface area contributed by atoms with Crippen LogP contribution in [0.1, 0.15) is 18.1 Å². The average molecular weight is 365 g/mol. The Morgan fingerprint density at radius 1 is 1.12 bits per heavy atom. The third kappa shape index (κ3) is 5.25. The van der Waals surface area contributed by atoms with Gasteiger partial charge in [-0.3, -0.25) is 9.59 Å². The number of amides is 2. The van der Waals surface area contributed by atoms with Crippen molar-refractivity contribution in [3.8, 4) is 0 Å². The molecule has 24 heavy (non-hydrogen) atoms. The maximum atomic E-state index is 12.2. The number of nitrogens with one attached hydrogen (secondary N) is 1. The second-order valence-electron chi connectivity index (χ2n) is 5.54. The van der Waals surface area contributed by atoms with Crippen molar-refractivity contribution in [3.05, 3.63) is 63.6 Å². The van der Waals surface area contributed by atoms with Gasteiger partial charge in [0.1, 0.15) is 6.54 Å². The molecule has 1 N–H and O–H groups in total. The van der Waals surface area contributed by atoms with Gasteiger partial charge in [-0.25, -0.2) is 0 Å². The minimum absolute atomic E-state index is 0.0533. The number of hydrogen-bond donors (Lipinski definition) is 1. The molecule has 0 radical (unpaired) electrons. The molecule has 0 saturated carbocycles. The van der Waals surface area contributed by atoms with Gasteiger partial charge in [0.2, 0.25) is 11.8 Å². The van der Waals surface area contributed by atoms with E-state index >= 15 is 0 Å². The highest BCUT2D eigenvalue weighted by Gasteiger charge is 2.15. The summed E-state index contributed by atoms with van der Waals surface area (Å²) < 4.78 is 0. The van der Waals surface area contributed by atoms with Gasteiger partial charge in [0.25, 0.3) is 0 Å². The lowest BCUT2D eigenvalue weighted by molar-refractivity contribution is -0.133. The van der Waals surface area contributed by atoms with Gasteiger partial charge >= 0.3 is 0 Å². The molecule has 0 bridgehead atoms. The number of anilines is 1. The van der Waals surface area contributed by atoms with E-state index in [-0.39, 0.29) is 18.4 Å². The summed E-state index contributed by atoms with van der Waals surface area (Å²) in [5.41, 5.74) is 2.54. The Kier molecular flexibility index (Phi) is 6.23. The first-order valence-corrected chi connectivity index (χ1v) is 8.16. The SMILES string of the molecule is CC(=O)N(CC(=O)Nc1ccc(Cl)cc1Cl)Cc1cccc(C)c1. The largest absolute Gasteiger partial charge is 0.329 e. The zero-order valence-corrected chi connectivity index (χ0v) is 15.0. The fourth-order valence-electron chi connectivity index (χ4n) is 2.26. The van der Waals surface area contributed by atoms with Crippen LogP contribution in [0, 0.1) is 6.92 Å². The number of benzene rings is 2. The molecule has 0 atom stereocenters. The van der Waals surface area contributed by atoms with Crippen molar-refractivity contribution in [2.24, 2.45) is 0 Å². The highest BCUT2D eigenvalue weighted by molar-refractivity contribution is 6.36. The van der Waals surface area contributed by atoms with Crippen LogP contribution in [0.15, 0.2) is 42.5 Å². The van der Waals surface area contributed by atoms with E-state index in [0.717, 1.165) is 11.1 Å². The molecule has 0 heterocycles. The van der Waals surface area contributed by atoms with Crippen molar-refractivity contribution < 1.29 is 9.59 Å². The highest BCUT2D eigenvalue weighted by atomic mass is 35.5. The molecule has 2 rings (SSSR count).